The number of amides is 2. The van der Waals surface area contributed by atoms with Gasteiger partial charge in [-0.15, -0.1) is 0 Å². The number of para-hydroxylation sites is 1. The molecule has 0 radical (unpaired) electrons. The van der Waals surface area contributed by atoms with Crippen molar-refractivity contribution in [2.45, 2.75) is 20.8 Å². The summed E-state index contributed by atoms with van der Waals surface area (Å²) in [6.45, 7) is 4.37. The van der Waals surface area contributed by atoms with E-state index in [1.165, 1.54) is 32.1 Å². The highest BCUT2D eigenvalue weighted by Gasteiger charge is 2.35. The number of ether oxygens (including phenoxy) is 2. The zero-order valence-corrected chi connectivity index (χ0v) is 21.6. The Labute approximate surface area is 224 Å². The first-order valence-electron chi connectivity index (χ1n) is 12.2. The average molecular weight is 529 g/mol. The number of carbonyl (C=O) groups excluding carboxylic acids is 3. The lowest BCUT2D eigenvalue weighted by Gasteiger charge is -2.27. The third kappa shape index (κ3) is 5.62. The number of rotatable bonds is 8. The number of benzene rings is 2. The molecule has 1 aliphatic heterocycles. The first-order valence-corrected chi connectivity index (χ1v) is 12.2. The molecule has 0 saturated carbocycles. The highest BCUT2D eigenvalue weighted by atomic mass is 19.1. The van der Waals surface area contributed by atoms with Gasteiger partial charge in [0.2, 0.25) is 0 Å². The second kappa shape index (κ2) is 11.6. The Morgan fingerprint density at radius 3 is 2.54 bits per heavy atom. The molecule has 0 N–H and O–H groups in total. The van der Waals surface area contributed by atoms with Crippen LogP contribution in [-0.2, 0) is 19.1 Å². The number of nitrogens with zero attached hydrogens (tertiary/aromatic N) is 4. The summed E-state index contributed by atoms with van der Waals surface area (Å²) in [4.78, 5) is 38.3. The van der Waals surface area contributed by atoms with Gasteiger partial charge in [-0.05, 0) is 55.8 Å². The van der Waals surface area contributed by atoms with Crippen LogP contribution in [0.15, 0.2) is 71.4 Å². The molecule has 1 aromatic heterocycles. The molecule has 0 bridgehead atoms. The summed E-state index contributed by atoms with van der Waals surface area (Å²) < 4.78 is 26.6. The minimum absolute atomic E-state index is 0.0919. The summed E-state index contributed by atoms with van der Waals surface area (Å²) in [5, 5.41) is 14.3. The SMILES string of the molecule is CCOc1ccc(-c2nn(-c3ccccc3)cc2/C=C2/C(=O)N(CCOC(C)=O)C(=O)C(C#N)=C2C)cc1F. The van der Waals surface area contributed by atoms with Gasteiger partial charge in [-0.3, -0.25) is 19.3 Å². The Morgan fingerprint density at radius 1 is 1.15 bits per heavy atom. The van der Waals surface area contributed by atoms with Gasteiger partial charge in [0, 0.05) is 29.8 Å². The molecule has 2 aromatic carbocycles. The summed E-state index contributed by atoms with van der Waals surface area (Å²) >= 11 is 0. The van der Waals surface area contributed by atoms with E-state index in [2.05, 4.69) is 5.10 Å². The molecule has 9 nitrogen and oxygen atoms in total. The molecule has 0 fully saturated rings. The molecule has 2 amide bonds. The lowest BCUT2D eigenvalue weighted by Crippen LogP contribution is -2.44. The van der Waals surface area contributed by atoms with E-state index in [-0.39, 0.29) is 35.6 Å². The fourth-order valence-corrected chi connectivity index (χ4v) is 4.12. The summed E-state index contributed by atoms with van der Waals surface area (Å²) in [6, 6.07) is 15.6. The van der Waals surface area contributed by atoms with E-state index in [1.807, 2.05) is 36.4 Å². The molecule has 0 unspecified atom stereocenters. The number of nitriles is 1. The van der Waals surface area contributed by atoms with Gasteiger partial charge in [-0.1, -0.05) is 18.2 Å². The quantitative estimate of drug-likeness (QED) is 0.244. The smallest absolute Gasteiger partial charge is 0.302 e. The van der Waals surface area contributed by atoms with Gasteiger partial charge < -0.3 is 9.47 Å². The van der Waals surface area contributed by atoms with Crippen LogP contribution in [-0.4, -0.2) is 52.2 Å². The zero-order valence-electron chi connectivity index (χ0n) is 21.6. The summed E-state index contributed by atoms with van der Waals surface area (Å²) in [7, 11) is 0. The number of hydrogen-bond acceptors (Lipinski definition) is 7. The highest BCUT2D eigenvalue weighted by Crippen LogP contribution is 2.32. The molecule has 4 rings (SSSR count). The number of imide groups is 1. The Bertz CT molecular complexity index is 1550. The number of esters is 1. The molecule has 2 heterocycles. The van der Waals surface area contributed by atoms with Crippen LogP contribution in [0.25, 0.3) is 23.0 Å². The molecule has 0 spiro atoms. The van der Waals surface area contributed by atoms with E-state index in [0.29, 0.717) is 23.4 Å². The monoisotopic (exact) mass is 528 g/mol. The van der Waals surface area contributed by atoms with E-state index in [0.717, 1.165) is 10.6 Å². The van der Waals surface area contributed by atoms with E-state index < -0.39 is 23.6 Å². The minimum Gasteiger partial charge on any atom is -0.491 e. The Hall–Kier alpha value is -5.04. The van der Waals surface area contributed by atoms with Gasteiger partial charge in [0.05, 0.1) is 18.8 Å². The molecule has 10 heteroatoms. The van der Waals surface area contributed by atoms with Crippen molar-refractivity contribution in [3.05, 3.63) is 82.8 Å². The predicted octanol–water partition coefficient (Wildman–Crippen LogP) is 4.23. The lowest BCUT2D eigenvalue weighted by atomic mass is 9.93. The fraction of sp³-hybridized carbons (Fsp3) is 0.207. The van der Waals surface area contributed by atoms with Crippen LogP contribution in [0, 0.1) is 17.1 Å². The van der Waals surface area contributed by atoms with Gasteiger partial charge in [-0.25, -0.2) is 9.07 Å². The Kier molecular flexibility index (Phi) is 8.01. The van der Waals surface area contributed by atoms with E-state index in [4.69, 9.17) is 9.47 Å². The lowest BCUT2D eigenvalue weighted by molar-refractivity contribution is -0.147. The van der Waals surface area contributed by atoms with E-state index >= 15 is 0 Å². The molecular weight excluding hydrogens is 503 g/mol. The Morgan fingerprint density at radius 2 is 1.90 bits per heavy atom. The van der Waals surface area contributed by atoms with Crippen molar-refractivity contribution in [3.8, 4) is 28.8 Å². The van der Waals surface area contributed by atoms with Crippen molar-refractivity contribution >= 4 is 23.9 Å². The van der Waals surface area contributed by atoms with Crippen molar-refractivity contribution in [2.24, 2.45) is 0 Å². The van der Waals surface area contributed by atoms with Crippen molar-refractivity contribution in [3.63, 3.8) is 0 Å². The van der Waals surface area contributed by atoms with Crippen molar-refractivity contribution in [1.82, 2.24) is 14.7 Å². The molecule has 0 atom stereocenters. The average Bonchev–Trinajstić information content (AvgIpc) is 3.34. The van der Waals surface area contributed by atoms with Gasteiger partial charge in [0.15, 0.2) is 11.6 Å². The first kappa shape index (κ1) is 27.0. The van der Waals surface area contributed by atoms with Crippen LogP contribution in [0.4, 0.5) is 4.39 Å². The standard InChI is InChI=1S/C29H25FN4O5/c1-4-38-26-11-10-20(15-25(26)30)27-21(17-34(32-27)22-8-6-5-7-9-22)14-23-18(2)24(16-31)29(37)33(28(23)36)12-13-39-19(3)35/h5-11,14-15,17H,4,12-13H2,1-3H3/b23-14+. The number of aromatic nitrogens is 2. The first-order chi connectivity index (χ1) is 18.7. The largest absolute Gasteiger partial charge is 0.491 e. The maximum atomic E-state index is 14.8. The molecule has 198 valence electrons. The van der Waals surface area contributed by atoms with Crippen LogP contribution < -0.4 is 4.74 Å². The summed E-state index contributed by atoms with van der Waals surface area (Å²) in [5.74, 6) is -2.44. The maximum absolute atomic E-state index is 14.8. The predicted molar refractivity (Wildman–Crippen MR) is 140 cm³/mol. The summed E-state index contributed by atoms with van der Waals surface area (Å²) in [6.07, 6.45) is 3.20. The molecular formula is C29H25FN4O5. The van der Waals surface area contributed by atoms with Crippen LogP contribution in [0.1, 0.15) is 26.3 Å². The van der Waals surface area contributed by atoms with Gasteiger partial charge >= 0.3 is 5.97 Å². The van der Waals surface area contributed by atoms with Crippen molar-refractivity contribution < 1.29 is 28.2 Å². The molecule has 0 aliphatic carbocycles. The molecule has 3 aromatic rings. The number of halogens is 1. The Balaban J connectivity index is 1.85. The van der Waals surface area contributed by atoms with Crippen LogP contribution in [0.3, 0.4) is 0 Å². The molecule has 39 heavy (non-hydrogen) atoms. The normalized spacial score (nSPS) is 14.5. The van der Waals surface area contributed by atoms with Gasteiger partial charge in [0.1, 0.15) is 23.9 Å². The second-order valence-corrected chi connectivity index (χ2v) is 8.56. The topological polar surface area (TPSA) is 115 Å². The maximum Gasteiger partial charge on any atom is 0.302 e. The number of carbonyl (C=O) groups is 3. The van der Waals surface area contributed by atoms with Crippen LogP contribution in [0.2, 0.25) is 0 Å². The zero-order chi connectivity index (χ0) is 28.1. The fourth-order valence-electron chi connectivity index (χ4n) is 4.12. The third-order valence-electron chi connectivity index (χ3n) is 6.01. The number of hydrogen-bond donors (Lipinski definition) is 0. The molecule has 0 saturated heterocycles. The van der Waals surface area contributed by atoms with Gasteiger partial charge in [-0.2, -0.15) is 10.4 Å². The minimum atomic E-state index is -0.766. The second-order valence-electron chi connectivity index (χ2n) is 8.56. The van der Waals surface area contributed by atoms with Gasteiger partial charge in [0.25, 0.3) is 11.8 Å². The molecule has 1 aliphatic rings. The van der Waals surface area contributed by atoms with Crippen LogP contribution >= 0.6 is 0 Å². The van der Waals surface area contributed by atoms with E-state index in [1.54, 1.807) is 23.9 Å². The van der Waals surface area contributed by atoms with Crippen molar-refractivity contribution in [2.75, 3.05) is 19.8 Å². The summed E-state index contributed by atoms with van der Waals surface area (Å²) in [5.41, 5.74) is 2.08. The van der Waals surface area contributed by atoms with Crippen LogP contribution in [0.5, 0.6) is 5.75 Å². The van der Waals surface area contributed by atoms with E-state index in [9.17, 15) is 24.0 Å². The third-order valence-corrected chi connectivity index (χ3v) is 6.01. The van der Waals surface area contributed by atoms with Crippen molar-refractivity contribution in [1.29, 1.82) is 5.26 Å². The highest BCUT2D eigenvalue weighted by molar-refractivity contribution is 6.19.